The van der Waals surface area contributed by atoms with Gasteiger partial charge in [0.2, 0.25) is 0 Å². The lowest BCUT2D eigenvalue weighted by Gasteiger charge is -2.27. The first kappa shape index (κ1) is 15.8. The minimum Gasteiger partial charge on any atom is -0.480 e. The second-order valence-electron chi connectivity index (χ2n) is 4.84. The maximum atomic E-state index is 11.5. The van der Waals surface area contributed by atoms with Crippen molar-refractivity contribution in [3.8, 4) is 0 Å². The van der Waals surface area contributed by atoms with Gasteiger partial charge >= 0.3 is 5.97 Å². The van der Waals surface area contributed by atoms with Crippen LogP contribution >= 0.6 is 11.8 Å². The van der Waals surface area contributed by atoms with Gasteiger partial charge in [0.25, 0.3) is 0 Å². The number of thioether (sulfide) groups is 1. The molecule has 18 heavy (non-hydrogen) atoms. The maximum Gasteiger partial charge on any atom is 0.320 e. The molecule has 106 valence electrons. The average molecular weight is 295 g/mol. The molecule has 1 fully saturated rings. The Hall–Kier alpha value is -0.270. The molecule has 7 heteroatoms. The molecule has 0 bridgehead atoms. The highest BCUT2D eigenvalue weighted by molar-refractivity contribution is 8.00. The van der Waals surface area contributed by atoms with Gasteiger partial charge in [-0.3, -0.25) is 4.79 Å². The largest absolute Gasteiger partial charge is 0.480 e. The third-order valence-corrected chi connectivity index (χ3v) is 6.29. The first-order valence-corrected chi connectivity index (χ1v) is 9.10. The summed E-state index contributed by atoms with van der Waals surface area (Å²) in [4.78, 5) is 10.6. The van der Waals surface area contributed by atoms with Gasteiger partial charge in [-0.1, -0.05) is 6.42 Å². The lowest BCUT2D eigenvalue weighted by molar-refractivity contribution is -0.138. The van der Waals surface area contributed by atoms with Crippen LogP contribution in [0.1, 0.15) is 32.1 Å². The van der Waals surface area contributed by atoms with E-state index in [1.54, 1.807) is 11.8 Å². The molecule has 1 rings (SSSR count). The molecule has 1 aliphatic rings. The lowest BCUT2D eigenvalue weighted by Crippen LogP contribution is -2.31. The molecule has 1 saturated carbocycles. The Bertz CT molecular complexity index is 383. The van der Waals surface area contributed by atoms with E-state index in [0.717, 1.165) is 19.3 Å². The summed E-state index contributed by atoms with van der Waals surface area (Å²) in [5.41, 5.74) is 5.42. The second kappa shape index (κ2) is 6.77. The Morgan fingerprint density at radius 2 is 2.17 bits per heavy atom. The van der Waals surface area contributed by atoms with Crippen molar-refractivity contribution in [3.05, 3.63) is 0 Å². The summed E-state index contributed by atoms with van der Waals surface area (Å²) >= 11 is 1.66. The van der Waals surface area contributed by atoms with E-state index in [-0.39, 0.29) is 5.25 Å². The highest BCUT2D eigenvalue weighted by atomic mass is 32.2. The third-order valence-electron chi connectivity index (χ3n) is 3.28. The van der Waals surface area contributed by atoms with Crippen molar-refractivity contribution >= 4 is 27.6 Å². The van der Waals surface area contributed by atoms with Crippen molar-refractivity contribution in [2.75, 3.05) is 12.0 Å². The zero-order valence-corrected chi connectivity index (χ0v) is 12.2. The molecule has 0 aromatic heterocycles. The number of nitrogens with two attached hydrogens (primary N) is 1. The van der Waals surface area contributed by atoms with Crippen molar-refractivity contribution < 1.29 is 18.3 Å². The van der Waals surface area contributed by atoms with Gasteiger partial charge in [-0.2, -0.15) is 11.8 Å². The molecular formula is C11H21NO4S2. The fourth-order valence-electron chi connectivity index (χ4n) is 2.13. The number of hydrogen-bond acceptors (Lipinski definition) is 5. The highest BCUT2D eigenvalue weighted by Crippen LogP contribution is 2.32. The highest BCUT2D eigenvalue weighted by Gasteiger charge is 2.29. The van der Waals surface area contributed by atoms with Crippen LogP contribution in [0.15, 0.2) is 0 Å². The van der Waals surface area contributed by atoms with Gasteiger partial charge in [0.1, 0.15) is 15.9 Å². The Labute approximate surface area is 112 Å². The SMILES string of the molecule is CS(=O)(=O)C1CCCC(SCCC(N)C(=O)O)C1. The summed E-state index contributed by atoms with van der Waals surface area (Å²) in [6, 6.07) is -0.813. The lowest BCUT2D eigenvalue weighted by atomic mass is 10.00. The third kappa shape index (κ3) is 5.16. The quantitative estimate of drug-likeness (QED) is 0.755. The molecule has 3 unspecified atom stereocenters. The van der Waals surface area contributed by atoms with Gasteiger partial charge in [0, 0.05) is 11.5 Å². The molecule has 0 saturated heterocycles. The summed E-state index contributed by atoms with van der Waals surface area (Å²) in [5, 5.41) is 8.75. The molecule has 0 aliphatic heterocycles. The van der Waals surface area contributed by atoms with Crippen molar-refractivity contribution in [3.63, 3.8) is 0 Å². The van der Waals surface area contributed by atoms with Crippen LogP contribution in [0, 0.1) is 0 Å². The normalized spacial score (nSPS) is 26.8. The Kier molecular flexibility index (Phi) is 5.94. The summed E-state index contributed by atoms with van der Waals surface area (Å²) in [7, 11) is -2.95. The fraction of sp³-hybridized carbons (Fsp3) is 0.909. The number of carboxylic acids is 1. The second-order valence-corrected chi connectivity index (χ2v) is 8.58. The van der Waals surface area contributed by atoms with Crippen molar-refractivity contribution in [2.24, 2.45) is 5.73 Å². The van der Waals surface area contributed by atoms with Crippen LogP contribution in [0.3, 0.4) is 0 Å². The van der Waals surface area contributed by atoms with Crippen LogP contribution in [0.25, 0.3) is 0 Å². The molecule has 0 radical (unpaired) electrons. The molecule has 0 aromatic rings. The van der Waals surface area contributed by atoms with Gasteiger partial charge in [-0.15, -0.1) is 0 Å². The van der Waals surface area contributed by atoms with E-state index in [4.69, 9.17) is 10.8 Å². The Morgan fingerprint density at radius 3 is 2.72 bits per heavy atom. The smallest absolute Gasteiger partial charge is 0.320 e. The van der Waals surface area contributed by atoms with E-state index in [0.29, 0.717) is 23.8 Å². The van der Waals surface area contributed by atoms with Gasteiger partial charge < -0.3 is 10.8 Å². The Balaban J connectivity index is 2.33. The molecule has 0 spiro atoms. The molecule has 0 amide bonds. The molecular weight excluding hydrogens is 274 g/mol. The average Bonchev–Trinajstić information content (AvgIpc) is 2.28. The van der Waals surface area contributed by atoms with Gasteiger partial charge in [0.05, 0.1) is 5.25 Å². The summed E-state index contributed by atoms with van der Waals surface area (Å²) in [5.74, 6) is -0.303. The van der Waals surface area contributed by atoms with Crippen molar-refractivity contribution in [1.29, 1.82) is 0 Å². The van der Waals surface area contributed by atoms with Crippen molar-refractivity contribution in [1.82, 2.24) is 0 Å². The van der Waals surface area contributed by atoms with Crippen LogP contribution in [0.4, 0.5) is 0 Å². The van der Waals surface area contributed by atoms with E-state index in [2.05, 4.69) is 0 Å². The van der Waals surface area contributed by atoms with E-state index in [9.17, 15) is 13.2 Å². The minimum atomic E-state index is -2.95. The first-order chi connectivity index (χ1) is 8.30. The number of sulfone groups is 1. The molecule has 0 aromatic carbocycles. The summed E-state index contributed by atoms with van der Waals surface area (Å²) < 4.78 is 23.0. The molecule has 3 atom stereocenters. The number of carboxylic acid groups (broad SMARTS) is 1. The van der Waals surface area contributed by atoms with E-state index in [1.165, 1.54) is 6.26 Å². The monoisotopic (exact) mass is 295 g/mol. The van der Waals surface area contributed by atoms with Crippen LogP contribution in [0.2, 0.25) is 0 Å². The van der Waals surface area contributed by atoms with E-state index >= 15 is 0 Å². The van der Waals surface area contributed by atoms with E-state index in [1.807, 2.05) is 0 Å². The zero-order valence-electron chi connectivity index (χ0n) is 10.5. The van der Waals surface area contributed by atoms with Crippen molar-refractivity contribution in [2.45, 2.75) is 48.6 Å². The molecule has 3 N–H and O–H groups in total. The molecule has 1 aliphatic carbocycles. The topological polar surface area (TPSA) is 97.5 Å². The number of rotatable bonds is 6. The number of aliphatic carboxylic acids is 1. The standard InChI is InChI=1S/C11H21NO4S2/c1-18(15,16)9-4-2-3-8(7-9)17-6-5-10(12)11(13)14/h8-10H,2-7,12H2,1H3,(H,13,14). The minimum absolute atomic E-state index is 0.225. The van der Waals surface area contributed by atoms with Gasteiger partial charge in [0.15, 0.2) is 0 Å². The fourth-order valence-corrected chi connectivity index (χ4v) is 4.85. The predicted molar refractivity (Wildman–Crippen MR) is 73.6 cm³/mol. The van der Waals surface area contributed by atoms with Gasteiger partial charge in [-0.05, 0) is 31.4 Å². The van der Waals surface area contributed by atoms with E-state index < -0.39 is 21.8 Å². The van der Waals surface area contributed by atoms with Crippen LogP contribution in [-0.2, 0) is 14.6 Å². The zero-order chi connectivity index (χ0) is 13.8. The Morgan fingerprint density at radius 1 is 1.50 bits per heavy atom. The number of carbonyl (C=O) groups is 1. The molecule has 5 nitrogen and oxygen atoms in total. The number of hydrogen-bond donors (Lipinski definition) is 2. The first-order valence-electron chi connectivity index (χ1n) is 6.09. The molecule has 0 heterocycles. The van der Waals surface area contributed by atoms with Crippen LogP contribution < -0.4 is 5.73 Å². The summed E-state index contributed by atoms with van der Waals surface area (Å²) in [6.07, 6.45) is 5.11. The van der Waals surface area contributed by atoms with Crippen LogP contribution in [-0.4, -0.2) is 48.0 Å². The summed E-state index contributed by atoms with van der Waals surface area (Å²) in [6.45, 7) is 0. The van der Waals surface area contributed by atoms with Crippen LogP contribution in [0.5, 0.6) is 0 Å². The van der Waals surface area contributed by atoms with Gasteiger partial charge in [-0.25, -0.2) is 8.42 Å². The predicted octanol–water partition coefficient (Wildman–Crippen LogP) is 0.877. The maximum absolute atomic E-state index is 11.5.